The van der Waals surface area contributed by atoms with Gasteiger partial charge >= 0.3 is 0 Å². The van der Waals surface area contributed by atoms with E-state index in [-0.39, 0.29) is 5.84 Å². The lowest BCUT2D eigenvalue weighted by Gasteiger charge is -2.21. The van der Waals surface area contributed by atoms with Crippen molar-refractivity contribution in [2.75, 3.05) is 11.4 Å². The molecule has 0 aliphatic heterocycles. The van der Waals surface area contributed by atoms with Crippen LogP contribution >= 0.6 is 0 Å². The fourth-order valence-electron chi connectivity index (χ4n) is 0.986. The van der Waals surface area contributed by atoms with E-state index in [0.717, 1.165) is 4.31 Å². The van der Waals surface area contributed by atoms with Crippen LogP contribution in [0.5, 0.6) is 0 Å². The lowest BCUT2D eigenvalue weighted by molar-refractivity contribution is 0.318. The molecule has 0 saturated carbocycles. The summed E-state index contributed by atoms with van der Waals surface area (Å²) < 4.78 is 22.3. The van der Waals surface area contributed by atoms with Crippen LogP contribution in [0.4, 0.5) is 5.69 Å². The van der Waals surface area contributed by atoms with Gasteiger partial charge in [0.05, 0.1) is 0 Å². The normalized spacial score (nSPS) is 13.6. The van der Waals surface area contributed by atoms with E-state index in [1.807, 2.05) is 0 Å². The van der Waals surface area contributed by atoms with Gasteiger partial charge in [-0.1, -0.05) is 5.16 Å². The summed E-state index contributed by atoms with van der Waals surface area (Å²) in [7, 11) is 1.42. The molecule has 0 heterocycles. The van der Waals surface area contributed by atoms with Gasteiger partial charge in [0.25, 0.3) is 0 Å². The first-order valence-corrected chi connectivity index (χ1v) is 5.00. The molecule has 1 rings (SSSR count). The second-order valence-electron chi connectivity index (χ2n) is 2.75. The smallest absolute Gasteiger partial charge is 0.170 e. The number of nitrogens with two attached hydrogens (primary N) is 1. The van der Waals surface area contributed by atoms with E-state index in [4.69, 9.17) is 10.9 Å². The van der Waals surface area contributed by atoms with Gasteiger partial charge in [-0.2, -0.15) is 0 Å². The first-order valence-electron chi connectivity index (χ1n) is 3.97. The molecule has 0 bridgehead atoms. The van der Waals surface area contributed by atoms with Gasteiger partial charge in [0.1, 0.15) is 0 Å². The predicted molar refractivity (Wildman–Crippen MR) is 56.3 cm³/mol. The third-order valence-electron chi connectivity index (χ3n) is 1.86. The summed E-state index contributed by atoms with van der Waals surface area (Å²) in [5.74, 6) is -0.0209. The zero-order valence-electron chi connectivity index (χ0n) is 7.95. The second-order valence-corrected chi connectivity index (χ2v) is 3.73. The molecule has 0 aliphatic carbocycles. The largest absolute Gasteiger partial charge is 0.755 e. The van der Waals surface area contributed by atoms with E-state index in [1.54, 1.807) is 24.3 Å². The SMILES string of the molecule is CN(c1ccc(C(N)=NO)cc1)S(=O)[O-]. The van der Waals surface area contributed by atoms with Gasteiger partial charge in [-0.3, -0.25) is 4.21 Å². The Labute approximate surface area is 89.4 Å². The van der Waals surface area contributed by atoms with Crippen LogP contribution in [0.25, 0.3) is 0 Å². The van der Waals surface area contributed by atoms with E-state index < -0.39 is 11.3 Å². The lowest BCUT2D eigenvalue weighted by atomic mass is 10.2. The summed E-state index contributed by atoms with van der Waals surface area (Å²) in [5, 5.41) is 11.2. The number of hydrogen-bond donors (Lipinski definition) is 2. The van der Waals surface area contributed by atoms with Crippen LogP contribution in [0.3, 0.4) is 0 Å². The van der Waals surface area contributed by atoms with Crippen molar-refractivity contribution in [2.24, 2.45) is 10.9 Å². The highest BCUT2D eigenvalue weighted by Gasteiger charge is 2.02. The van der Waals surface area contributed by atoms with Crippen LogP contribution < -0.4 is 10.0 Å². The van der Waals surface area contributed by atoms with E-state index in [0.29, 0.717) is 11.3 Å². The zero-order valence-corrected chi connectivity index (χ0v) is 8.77. The molecule has 3 N–H and O–H groups in total. The van der Waals surface area contributed by atoms with Crippen molar-refractivity contribution in [1.29, 1.82) is 0 Å². The van der Waals surface area contributed by atoms with Crippen LogP contribution in [-0.2, 0) is 11.3 Å². The zero-order chi connectivity index (χ0) is 11.4. The molecular weight excluding hydrogens is 218 g/mol. The molecule has 0 amide bonds. The van der Waals surface area contributed by atoms with E-state index >= 15 is 0 Å². The Kier molecular flexibility index (Phi) is 3.64. The average Bonchev–Trinajstić information content (AvgIpc) is 2.27. The number of anilines is 1. The number of oxime groups is 1. The van der Waals surface area contributed by atoms with Gasteiger partial charge in [-0.05, 0) is 24.3 Å². The Hall–Kier alpha value is -1.60. The summed E-state index contributed by atoms with van der Waals surface area (Å²) in [6.45, 7) is 0. The van der Waals surface area contributed by atoms with Crippen molar-refractivity contribution >= 4 is 22.8 Å². The number of nitrogens with zero attached hydrogens (tertiary/aromatic N) is 2. The number of rotatable bonds is 3. The lowest BCUT2D eigenvalue weighted by Crippen LogP contribution is -2.19. The first kappa shape index (κ1) is 11.5. The topological polar surface area (TPSA) is 102 Å². The Bertz CT molecular complexity index is 391. The summed E-state index contributed by atoms with van der Waals surface area (Å²) in [6.07, 6.45) is 0. The molecule has 82 valence electrons. The van der Waals surface area contributed by atoms with Crippen molar-refractivity contribution in [1.82, 2.24) is 0 Å². The van der Waals surface area contributed by atoms with Crippen LogP contribution in [0.15, 0.2) is 29.4 Å². The van der Waals surface area contributed by atoms with E-state index in [2.05, 4.69) is 5.16 Å². The highest BCUT2D eigenvalue weighted by Crippen LogP contribution is 2.14. The summed E-state index contributed by atoms with van der Waals surface area (Å²) in [6, 6.07) is 6.24. The molecule has 1 atom stereocenters. The molecule has 0 spiro atoms. The maximum atomic E-state index is 10.6. The Morgan fingerprint density at radius 3 is 2.47 bits per heavy atom. The van der Waals surface area contributed by atoms with Gasteiger partial charge < -0.3 is 19.8 Å². The summed E-state index contributed by atoms with van der Waals surface area (Å²) >= 11 is -2.31. The molecule has 15 heavy (non-hydrogen) atoms. The number of amidine groups is 1. The molecule has 0 aliphatic rings. The maximum absolute atomic E-state index is 10.6. The molecule has 7 heteroatoms. The summed E-state index contributed by atoms with van der Waals surface area (Å²) in [4.78, 5) is 0. The van der Waals surface area contributed by atoms with Crippen molar-refractivity contribution in [3.05, 3.63) is 29.8 Å². The summed E-state index contributed by atoms with van der Waals surface area (Å²) in [5.41, 5.74) is 6.36. The molecule has 0 radical (unpaired) electrons. The molecule has 1 aromatic rings. The minimum atomic E-state index is -2.31. The minimum absolute atomic E-state index is 0.0209. The van der Waals surface area contributed by atoms with E-state index in [1.165, 1.54) is 7.05 Å². The van der Waals surface area contributed by atoms with E-state index in [9.17, 15) is 8.76 Å². The molecule has 1 unspecified atom stereocenters. The van der Waals surface area contributed by atoms with Crippen LogP contribution in [0.1, 0.15) is 5.56 Å². The van der Waals surface area contributed by atoms with Crippen LogP contribution in [-0.4, -0.2) is 26.9 Å². The quantitative estimate of drug-likeness (QED) is 0.250. The highest BCUT2D eigenvalue weighted by atomic mass is 32.2. The predicted octanol–water partition coefficient (Wildman–Crippen LogP) is 0.0114. The third-order valence-corrected chi connectivity index (χ3v) is 2.52. The average molecular weight is 228 g/mol. The Morgan fingerprint density at radius 1 is 1.53 bits per heavy atom. The van der Waals surface area contributed by atoms with Crippen molar-refractivity contribution < 1.29 is 14.0 Å². The molecule has 6 nitrogen and oxygen atoms in total. The van der Waals surface area contributed by atoms with Crippen LogP contribution in [0.2, 0.25) is 0 Å². The van der Waals surface area contributed by atoms with Gasteiger partial charge in [0, 0.05) is 29.6 Å². The molecule has 0 fully saturated rings. The molecule has 1 aromatic carbocycles. The van der Waals surface area contributed by atoms with Crippen LogP contribution in [0, 0.1) is 0 Å². The molecular formula is C8H10N3O3S-. The van der Waals surface area contributed by atoms with Gasteiger partial charge in [0.15, 0.2) is 5.84 Å². The first-order chi connectivity index (χ1) is 7.06. The standard InChI is InChI=1S/C8H11N3O3S/c1-11(15(13)14)7-4-2-6(3-5-7)8(9)10-12/h2-5,12H,1H3,(H2,9,10)(H,13,14)/p-1. The fourth-order valence-corrected chi connectivity index (χ4v) is 1.28. The molecule has 0 saturated heterocycles. The highest BCUT2D eigenvalue weighted by molar-refractivity contribution is 7.80. The second kappa shape index (κ2) is 4.76. The van der Waals surface area contributed by atoms with Crippen molar-refractivity contribution in [3.8, 4) is 0 Å². The minimum Gasteiger partial charge on any atom is -0.755 e. The monoisotopic (exact) mass is 228 g/mol. The van der Waals surface area contributed by atoms with Crippen molar-refractivity contribution in [2.45, 2.75) is 0 Å². The number of hydrogen-bond acceptors (Lipinski definition) is 4. The maximum Gasteiger partial charge on any atom is 0.170 e. The number of benzene rings is 1. The van der Waals surface area contributed by atoms with Crippen molar-refractivity contribution in [3.63, 3.8) is 0 Å². The van der Waals surface area contributed by atoms with Gasteiger partial charge in [-0.25, -0.2) is 0 Å². The fraction of sp³-hybridized carbons (Fsp3) is 0.125. The Morgan fingerprint density at radius 2 is 2.07 bits per heavy atom. The Balaban J connectivity index is 2.95. The van der Waals surface area contributed by atoms with Gasteiger partial charge in [-0.15, -0.1) is 0 Å². The third kappa shape index (κ3) is 2.67. The molecule has 0 aromatic heterocycles. The van der Waals surface area contributed by atoms with Gasteiger partial charge in [0.2, 0.25) is 0 Å².